The number of hydrogen-bond donors (Lipinski definition) is 1. The average Bonchev–Trinajstić information content (AvgIpc) is 2.54. The molecule has 0 aliphatic heterocycles. The maximum absolute atomic E-state index is 5.84. The van der Waals surface area contributed by atoms with Crippen molar-refractivity contribution in [2.75, 3.05) is 5.73 Å². The number of anilines is 1. The van der Waals surface area contributed by atoms with Crippen molar-refractivity contribution in [1.29, 1.82) is 0 Å². The maximum Gasteiger partial charge on any atom is 0.140 e. The smallest absolute Gasteiger partial charge is 0.140 e. The summed E-state index contributed by atoms with van der Waals surface area (Å²) in [4.78, 5) is 0. The lowest BCUT2D eigenvalue weighted by atomic mass is 10.1. The van der Waals surface area contributed by atoms with Gasteiger partial charge in [-0.2, -0.15) is 5.10 Å². The molecule has 1 aromatic carbocycles. The Morgan fingerprint density at radius 2 is 2.25 bits per heavy atom. The minimum Gasteiger partial charge on any atom is -0.383 e. The highest BCUT2D eigenvalue weighted by Crippen LogP contribution is 2.22. The van der Waals surface area contributed by atoms with E-state index < -0.39 is 0 Å². The van der Waals surface area contributed by atoms with E-state index in [4.69, 9.17) is 17.3 Å². The van der Waals surface area contributed by atoms with Crippen LogP contribution in [0.25, 0.3) is 0 Å². The van der Waals surface area contributed by atoms with Crippen LogP contribution in [0, 0.1) is 6.92 Å². The van der Waals surface area contributed by atoms with Crippen LogP contribution in [0.3, 0.4) is 0 Å². The highest BCUT2D eigenvalue weighted by Gasteiger charge is 2.07. The summed E-state index contributed by atoms with van der Waals surface area (Å²) in [5.74, 6) is 0.495. The van der Waals surface area contributed by atoms with E-state index in [0.29, 0.717) is 17.4 Å². The predicted octanol–water partition coefficient (Wildman–Crippen LogP) is 3.24. The van der Waals surface area contributed by atoms with Crippen LogP contribution in [0.15, 0.2) is 28.9 Å². The normalized spacial score (nSPS) is 10.7. The largest absolute Gasteiger partial charge is 0.383 e. The van der Waals surface area contributed by atoms with Gasteiger partial charge in [0.15, 0.2) is 0 Å². The zero-order chi connectivity index (χ0) is 11.7. The van der Waals surface area contributed by atoms with Gasteiger partial charge in [0.25, 0.3) is 0 Å². The van der Waals surface area contributed by atoms with Gasteiger partial charge in [0.2, 0.25) is 0 Å². The summed E-state index contributed by atoms with van der Waals surface area (Å²) in [5, 5.41) is 4.60. The van der Waals surface area contributed by atoms with E-state index in [0.717, 1.165) is 10.0 Å². The molecule has 0 fully saturated rings. The molecule has 5 heteroatoms. The second-order valence-corrected chi connectivity index (χ2v) is 4.89. The van der Waals surface area contributed by atoms with Crippen LogP contribution in [0.5, 0.6) is 0 Å². The van der Waals surface area contributed by atoms with Crippen LogP contribution in [-0.4, -0.2) is 9.78 Å². The van der Waals surface area contributed by atoms with Crippen molar-refractivity contribution in [1.82, 2.24) is 9.78 Å². The Balaban J connectivity index is 2.30. The molecule has 16 heavy (non-hydrogen) atoms. The highest BCUT2D eigenvalue weighted by molar-refractivity contribution is 9.10. The summed E-state index contributed by atoms with van der Waals surface area (Å²) < 4.78 is 2.73. The molecule has 0 saturated carbocycles. The Bertz CT molecular complexity index is 522. The summed E-state index contributed by atoms with van der Waals surface area (Å²) in [7, 11) is 0. The van der Waals surface area contributed by atoms with Crippen molar-refractivity contribution < 1.29 is 0 Å². The van der Waals surface area contributed by atoms with Crippen LogP contribution in [0.2, 0.25) is 5.02 Å². The molecular weight excluding hydrogens is 289 g/mol. The molecule has 0 spiro atoms. The van der Waals surface area contributed by atoms with Crippen molar-refractivity contribution in [2.45, 2.75) is 13.5 Å². The van der Waals surface area contributed by atoms with Gasteiger partial charge in [-0.25, -0.2) is 4.68 Å². The van der Waals surface area contributed by atoms with Gasteiger partial charge in [-0.05, 0) is 24.1 Å². The van der Waals surface area contributed by atoms with E-state index >= 15 is 0 Å². The lowest BCUT2D eigenvalue weighted by Crippen LogP contribution is -2.06. The van der Waals surface area contributed by atoms with E-state index in [9.17, 15) is 0 Å². The van der Waals surface area contributed by atoms with Crippen molar-refractivity contribution in [3.8, 4) is 0 Å². The molecule has 1 heterocycles. The molecule has 3 nitrogen and oxygen atoms in total. The first-order chi connectivity index (χ1) is 7.58. The Labute approximate surface area is 107 Å². The lowest BCUT2D eigenvalue weighted by molar-refractivity contribution is 0.695. The summed E-state index contributed by atoms with van der Waals surface area (Å²) >= 11 is 9.36. The Kier molecular flexibility index (Phi) is 3.21. The number of aromatic nitrogens is 2. The number of halogens is 2. The molecule has 0 aliphatic carbocycles. The quantitative estimate of drug-likeness (QED) is 0.925. The molecule has 0 radical (unpaired) electrons. The van der Waals surface area contributed by atoms with Crippen molar-refractivity contribution in [2.24, 2.45) is 0 Å². The molecular formula is C11H11BrClN3. The van der Waals surface area contributed by atoms with Crippen LogP contribution in [0.1, 0.15) is 11.1 Å². The minimum absolute atomic E-state index is 0.489. The van der Waals surface area contributed by atoms with Crippen molar-refractivity contribution >= 4 is 33.3 Å². The van der Waals surface area contributed by atoms with Gasteiger partial charge in [-0.3, -0.25) is 0 Å². The number of nitrogen functional groups attached to an aromatic ring is 1. The zero-order valence-corrected chi connectivity index (χ0v) is 11.1. The molecule has 0 aliphatic rings. The summed E-state index contributed by atoms with van der Waals surface area (Å²) in [5.41, 5.74) is 8.12. The van der Waals surface area contributed by atoms with Gasteiger partial charge in [-0.15, -0.1) is 0 Å². The van der Waals surface area contributed by atoms with Crippen molar-refractivity contribution in [3.63, 3.8) is 0 Å². The van der Waals surface area contributed by atoms with Crippen LogP contribution < -0.4 is 5.73 Å². The van der Waals surface area contributed by atoms with E-state index in [1.165, 1.54) is 5.56 Å². The van der Waals surface area contributed by atoms with E-state index in [1.807, 2.05) is 6.92 Å². The third-order valence-electron chi connectivity index (χ3n) is 2.36. The first kappa shape index (κ1) is 11.5. The number of hydrogen-bond acceptors (Lipinski definition) is 2. The zero-order valence-electron chi connectivity index (χ0n) is 8.74. The number of nitrogens with two attached hydrogens (primary N) is 1. The first-order valence-corrected chi connectivity index (χ1v) is 5.97. The Morgan fingerprint density at radius 3 is 2.81 bits per heavy atom. The fourth-order valence-corrected chi connectivity index (χ4v) is 2.20. The maximum atomic E-state index is 5.84. The van der Waals surface area contributed by atoms with Crippen LogP contribution >= 0.6 is 27.5 Å². The SMILES string of the molecule is Cc1ccc(Cn2ncc(Cl)c2N)c(Br)c1. The van der Waals surface area contributed by atoms with E-state index in [1.54, 1.807) is 10.9 Å². The predicted molar refractivity (Wildman–Crippen MR) is 69.6 cm³/mol. The van der Waals surface area contributed by atoms with Gasteiger partial charge in [0.1, 0.15) is 10.8 Å². The highest BCUT2D eigenvalue weighted by atomic mass is 79.9. The third-order valence-corrected chi connectivity index (χ3v) is 3.39. The number of aryl methyl sites for hydroxylation is 1. The molecule has 0 atom stereocenters. The fraction of sp³-hybridized carbons (Fsp3) is 0.182. The topological polar surface area (TPSA) is 43.8 Å². The summed E-state index contributed by atoms with van der Waals surface area (Å²) in [6.45, 7) is 2.66. The van der Waals surface area contributed by atoms with Gasteiger partial charge < -0.3 is 5.73 Å². The van der Waals surface area contributed by atoms with Gasteiger partial charge in [-0.1, -0.05) is 39.7 Å². The lowest BCUT2D eigenvalue weighted by Gasteiger charge is -2.07. The monoisotopic (exact) mass is 299 g/mol. The second kappa shape index (κ2) is 4.47. The van der Waals surface area contributed by atoms with E-state index in [-0.39, 0.29) is 0 Å². The minimum atomic E-state index is 0.489. The molecule has 0 bridgehead atoms. The van der Waals surface area contributed by atoms with Gasteiger partial charge in [0.05, 0.1) is 12.7 Å². The molecule has 1 aromatic heterocycles. The second-order valence-electron chi connectivity index (χ2n) is 3.63. The molecule has 0 amide bonds. The number of benzene rings is 1. The Hall–Kier alpha value is -1.000. The van der Waals surface area contributed by atoms with Gasteiger partial charge >= 0.3 is 0 Å². The van der Waals surface area contributed by atoms with Gasteiger partial charge in [0, 0.05) is 4.47 Å². The Morgan fingerprint density at radius 1 is 1.50 bits per heavy atom. The molecule has 2 N–H and O–H groups in total. The first-order valence-electron chi connectivity index (χ1n) is 4.79. The molecule has 0 saturated heterocycles. The molecule has 2 rings (SSSR count). The average molecular weight is 301 g/mol. The molecule has 2 aromatic rings. The third kappa shape index (κ3) is 2.23. The molecule has 84 valence electrons. The summed E-state index contributed by atoms with van der Waals surface area (Å²) in [6, 6.07) is 6.17. The van der Waals surface area contributed by atoms with Crippen LogP contribution in [0.4, 0.5) is 5.82 Å². The summed E-state index contributed by atoms with van der Waals surface area (Å²) in [6.07, 6.45) is 1.55. The molecule has 0 unspecified atom stereocenters. The van der Waals surface area contributed by atoms with E-state index in [2.05, 4.69) is 39.2 Å². The van der Waals surface area contributed by atoms with Crippen molar-refractivity contribution in [3.05, 3.63) is 45.0 Å². The standard InChI is InChI=1S/C11H11BrClN3/c1-7-2-3-8(9(12)4-7)6-16-11(14)10(13)5-15-16/h2-5H,6,14H2,1H3. The van der Waals surface area contributed by atoms with Crippen LogP contribution in [-0.2, 0) is 6.54 Å². The fourth-order valence-electron chi connectivity index (χ4n) is 1.44. The number of rotatable bonds is 2. The number of nitrogens with zero attached hydrogens (tertiary/aromatic N) is 2.